The summed E-state index contributed by atoms with van der Waals surface area (Å²) in [6.07, 6.45) is 2.00. The lowest BCUT2D eigenvalue weighted by Crippen LogP contribution is -2.08. The molecule has 1 aromatic carbocycles. The molecule has 5 nitrogen and oxygen atoms in total. The van der Waals surface area contributed by atoms with Crippen molar-refractivity contribution in [3.63, 3.8) is 0 Å². The van der Waals surface area contributed by atoms with Crippen LogP contribution >= 0.6 is 46.8 Å². The fourth-order valence-electron chi connectivity index (χ4n) is 2.19. The van der Waals surface area contributed by atoms with Crippen LogP contribution in [0.15, 0.2) is 33.9 Å². The van der Waals surface area contributed by atoms with E-state index in [-0.39, 0.29) is 24.0 Å². The number of ether oxygens (including phenoxy) is 1. The Kier molecular flexibility index (Phi) is 6.34. The molecular formula is C16H16ClN3O2S3. The smallest absolute Gasteiger partial charge is 0.160 e. The first kappa shape index (κ1) is 19.6. The van der Waals surface area contributed by atoms with Crippen molar-refractivity contribution in [1.82, 2.24) is 4.98 Å². The molecule has 4 N–H and O–H groups in total. The van der Waals surface area contributed by atoms with E-state index in [4.69, 9.17) is 15.9 Å². The summed E-state index contributed by atoms with van der Waals surface area (Å²) in [5.74, 6) is 0.588. The Hall–Kier alpha value is -1.74. The summed E-state index contributed by atoms with van der Waals surface area (Å²) in [7, 11) is 1.52. The molecule has 132 valence electrons. The van der Waals surface area contributed by atoms with Crippen LogP contribution < -0.4 is 10.5 Å². The van der Waals surface area contributed by atoms with Crippen LogP contribution in [0.3, 0.4) is 0 Å². The zero-order valence-corrected chi connectivity index (χ0v) is 16.7. The molecule has 0 spiro atoms. The molecule has 3 rings (SSSR count). The molecule has 2 heterocycles. The van der Waals surface area contributed by atoms with Gasteiger partial charge in [-0.25, -0.2) is 4.98 Å². The van der Waals surface area contributed by atoms with Crippen LogP contribution in [0.2, 0.25) is 0 Å². The SMILES string of the molecule is COc1ccc(-c2csc(-c3cc(C(=N)N)sc3SC)n2)cc1O.Cl. The number of nitrogens with zero attached hydrogens (tertiary/aromatic N) is 1. The van der Waals surface area contributed by atoms with Gasteiger partial charge in [0.15, 0.2) is 11.5 Å². The van der Waals surface area contributed by atoms with E-state index >= 15 is 0 Å². The zero-order valence-electron chi connectivity index (χ0n) is 13.4. The average Bonchev–Trinajstić information content (AvgIpc) is 3.21. The van der Waals surface area contributed by atoms with Gasteiger partial charge >= 0.3 is 0 Å². The summed E-state index contributed by atoms with van der Waals surface area (Å²) in [5.41, 5.74) is 8.20. The van der Waals surface area contributed by atoms with Crippen LogP contribution in [0.5, 0.6) is 11.5 Å². The van der Waals surface area contributed by atoms with Gasteiger partial charge in [0.2, 0.25) is 0 Å². The van der Waals surface area contributed by atoms with Crippen molar-refractivity contribution in [2.24, 2.45) is 5.73 Å². The maximum Gasteiger partial charge on any atom is 0.160 e. The second-order valence-electron chi connectivity index (χ2n) is 4.85. The van der Waals surface area contributed by atoms with E-state index in [9.17, 15) is 5.11 Å². The first-order valence-electron chi connectivity index (χ1n) is 6.89. The molecule has 9 heteroatoms. The Bertz CT molecular complexity index is 908. The number of phenolic OH excluding ortho intramolecular Hbond substituents is 1. The van der Waals surface area contributed by atoms with Crippen molar-refractivity contribution < 1.29 is 9.84 Å². The van der Waals surface area contributed by atoms with Gasteiger partial charge in [0.1, 0.15) is 10.8 Å². The first-order chi connectivity index (χ1) is 11.5. The molecule has 25 heavy (non-hydrogen) atoms. The number of methoxy groups -OCH3 is 1. The molecule has 0 atom stereocenters. The Morgan fingerprint density at radius 2 is 2.12 bits per heavy atom. The lowest BCUT2D eigenvalue weighted by Gasteiger charge is -2.04. The third kappa shape index (κ3) is 3.92. The molecule has 0 amide bonds. The van der Waals surface area contributed by atoms with Crippen LogP contribution in [0.25, 0.3) is 21.8 Å². The van der Waals surface area contributed by atoms with E-state index in [0.29, 0.717) is 5.75 Å². The topological polar surface area (TPSA) is 92.2 Å². The van der Waals surface area contributed by atoms with Gasteiger partial charge in [0.05, 0.1) is 21.9 Å². The minimum atomic E-state index is 0. The van der Waals surface area contributed by atoms with Gasteiger partial charge < -0.3 is 15.6 Å². The highest BCUT2D eigenvalue weighted by atomic mass is 35.5. The van der Waals surface area contributed by atoms with E-state index in [0.717, 1.165) is 30.9 Å². The second-order valence-corrected chi connectivity index (χ2v) is 7.84. The molecule has 0 aliphatic rings. The molecule has 0 bridgehead atoms. The third-order valence-corrected chi connectivity index (χ3v) is 6.54. The van der Waals surface area contributed by atoms with Crippen LogP contribution in [-0.4, -0.2) is 29.3 Å². The van der Waals surface area contributed by atoms with Crippen molar-refractivity contribution in [3.05, 3.63) is 34.5 Å². The highest BCUT2D eigenvalue weighted by Gasteiger charge is 2.16. The molecule has 0 unspecified atom stereocenters. The van der Waals surface area contributed by atoms with Crippen molar-refractivity contribution in [2.45, 2.75) is 4.21 Å². The quantitative estimate of drug-likeness (QED) is 0.321. The molecular weight excluding hydrogens is 398 g/mol. The molecule has 0 saturated carbocycles. The van der Waals surface area contributed by atoms with Gasteiger partial charge in [-0.2, -0.15) is 0 Å². The standard InChI is InChI=1S/C16H15N3O2S3.ClH/c1-21-12-4-3-8(5-11(12)20)10-7-23-15(19-10)9-6-13(14(17)18)24-16(9)22-2;/h3-7,20H,1-2H3,(H3,17,18);1H. The summed E-state index contributed by atoms with van der Waals surface area (Å²) in [6, 6.07) is 7.13. The Balaban J connectivity index is 0.00000225. The van der Waals surface area contributed by atoms with E-state index < -0.39 is 0 Å². The van der Waals surface area contributed by atoms with Gasteiger partial charge in [0.25, 0.3) is 0 Å². The Labute approximate surface area is 163 Å². The van der Waals surface area contributed by atoms with Gasteiger partial charge in [-0.05, 0) is 30.5 Å². The number of halogens is 1. The predicted molar refractivity (Wildman–Crippen MR) is 109 cm³/mol. The fraction of sp³-hybridized carbons (Fsp3) is 0.125. The maximum absolute atomic E-state index is 9.93. The number of nitrogens with one attached hydrogen (secondary N) is 1. The molecule has 3 aromatic rings. The van der Waals surface area contributed by atoms with Crippen molar-refractivity contribution in [1.29, 1.82) is 5.41 Å². The number of amidine groups is 1. The Morgan fingerprint density at radius 3 is 2.72 bits per heavy atom. The van der Waals surface area contributed by atoms with E-state index in [2.05, 4.69) is 4.98 Å². The lowest BCUT2D eigenvalue weighted by molar-refractivity contribution is 0.373. The number of rotatable bonds is 5. The van der Waals surface area contributed by atoms with Gasteiger partial charge in [-0.1, -0.05) is 0 Å². The molecule has 0 saturated heterocycles. The molecule has 0 radical (unpaired) electrons. The van der Waals surface area contributed by atoms with Crippen molar-refractivity contribution >= 4 is 52.7 Å². The number of thiazole rings is 1. The minimum Gasteiger partial charge on any atom is -0.504 e. The number of nitrogen functional groups attached to an aromatic ring is 1. The molecule has 0 aliphatic carbocycles. The average molecular weight is 414 g/mol. The number of hydrogen-bond acceptors (Lipinski definition) is 7. The number of thiophene rings is 1. The fourth-order valence-corrected chi connectivity index (χ4v) is 4.90. The minimum absolute atomic E-state index is 0. The number of aromatic hydroxyl groups is 1. The summed E-state index contributed by atoms with van der Waals surface area (Å²) < 4.78 is 6.15. The normalized spacial score (nSPS) is 10.3. The monoisotopic (exact) mass is 413 g/mol. The van der Waals surface area contributed by atoms with Crippen LogP contribution in [0.1, 0.15) is 4.88 Å². The first-order valence-corrected chi connectivity index (χ1v) is 9.81. The van der Waals surface area contributed by atoms with E-state index in [1.165, 1.54) is 29.8 Å². The third-order valence-electron chi connectivity index (χ3n) is 3.36. The van der Waals surface area contributed by atoms with E-state index in [1.54, 1.807) is 23.9 Å². The van der Waals surface area contributed by atoms with Gasteiger partial charge in [-0.3, -0.25) is 5.41 Å². The summed E-state index contributed by atoms with van der Waals surface area (Å²) in [5, 5.41) is 20.4. The lowest BCUT2D eigenvalue weighted by atomic mass is 10.1. The number of hydrogen-bond donors (Lipinski definition) is 3. The van der Waals surface area contributed by atoms with Crippen LogP contribution in [0.4, 0.5) is 0 Å². The zero-order chi connectivity index (χ0) is 17.3. The highest BCUT2D eigenvalue weighted by molar-refractivity contribution is 8.00. The number of thioether (sulfide) groups is 1. The molecule has 0 aliphatic heterocycles. The largest absolute Gasteiger partial charge is 0.504 e. The number of nitrogens with two attached hydrogens (primary N) is 1. The van der Waals surface area contributed by atoms with Gasteiger partial charge in [0, 0.05) is 16.5 Å². The number of benzene rings is 1. The van der Waals surface area contributed by atoms with Crippen LogP contribution in [0, 0.1) is 5.41 Å². The summed E-state index contributed by atoms with van der Waals surface area (Å²) in [4.78, 5) is 5.42. The summed E-state index contributed by atoms with van der Waals surface area (Å²) in [6.45, 7) is 0. The molecule has 2 aromatic heterocycles. The number of aromatic nitrogens is 1. The second kappa shape index (κ2) is 8.09. The van der Waals surface area contributed by atoms with E-state index in [1.807, 2.05) is 23.8 Å². The highest BCUT2D eigenvalue weighted by Crippen LogP contribution is 2.40. The molecule has 0 fully saturated rings. The van der Waals surface area contributed by atoms with Crippen molar-refractivity contribution in [2.75, 3.05) is 13.4 Å². The van der Waals surface area contributed by atoms with Crippen LogP contribution in [-0.2, 0) is 0 Å². The Morgan fingerprint density at radius 1 is 1.36 bits per heavy atom. The number of phenols is 1. The summed E-state index contributed by atoms with van der Waals surface area (Å²) >= 11 is 4.64. The van der Waals surface area contributed by atoms with Crippen molar-refractivity contribution in [3.8, 4) is 33.3 Å². The predicted octanol–water partition coefficient (Wildman–Crippen LogP) is 4.68. The van der Waals surface area contributed by atoms with Gasteiger partial charge in [-0.15, -0.1) is 46.8 Å². The maximum atomic E-state index is 9.93.